The number of urea groups is 1. The number of morpholine rings is 1. The Bertz CT molecular complexity index is 1210. The van der Waals surface area contributed by atoms with Gasteiger partial charge in [-0.1, -0.05) is 5.92 Å². The van der Waals surface area contributed by atoms with E-state index in [1.165, 1.54) is 29.2 Å². The SMILES string of the molecule is C#Cc1ccc([N+]2(C(N)=O)C[C@H](O)C[C@]2(C(N)=O)c2ccc(N3CCOCC3=O)cc2F)cc1. The van der Waals surface area contributed by atoms with Crippen molar-refractivity contribution in [3.8, 4) is 12.3 Å². The number of quaternary nitrogens is 1. The molecule has 2 saturated heterocycles. The summed E-state index contributed by atoms with van der Waals surface area (Å²) in [6, 6.07) is 9.01. The van der Waals surface area contributed by atoms with Crippen molar-refractivity contribution in [1.29, 1.82) is 0 Å². The second-order valence-electron chi connectivity index (χ2n) is 8.37. The molecule has 4 rings (SSSR count). The number of carbonyl (C=O) groups is 3. The van der Waals surface area contributed by atoms with Crippen LogP contribution in [0.25, 0.3) is 0 Å². The third-order valence-corrected chi connectivity index (χ3v) is 6.62. The zero-order valence-corrected chi connectivity index (χ0v) is 18.2. The number of likely N-dealkylation sites (tertiary alicyclic amines) is 1. The summed E-state index contributed by atoms with van der Waals surface area (Å²) >= 11 is 0. The van der Waals surface area contributed by atoms with Gasteiger partial charge >= 0.3 is 6.03 Å². The summed E-state index contributed by atoms with van der Waals surface area (Å²) in [6.45, 7) is 0.106. The summed E-state index contributed by atoms with van der Waals surface area (Å²) in [5.41, 5.74) is 10.5. The van der Waals surface area contributed by atoms with Gasteiger partial charge in [-0.05, 0) is 30.3 Å². The molecule has 2 fully saturated rings. The fourth-order valence-electron chi connectivity index (χ4n) is 5.11. The first kappa shape index (κ1) is 23.4. The van der Waals surface area contributed by atoms with E-state index in [4.69, 9.17) is 22.6 Å². The van der Waals surface area contributed by atoms with Crippen LogP contribution >= 0.6 is 0 Å². The van der Waals surface area contributed by atoms with Crippen LogP contribution in [0, 0.1) is 18.2 Å². The maximum Gasteiger partial charge on any atom is 0.420 e. The van der Waals surface area contributed by atoms with Crippen molar-refractivity contribution in [2.45, 2.75) is 18.1 Å². The van der Waals surface area contributed by atoms with Crippen LogP contribution < -0.4 is 20.9 Å². The highest BCUT2D eigenvalue weighted by Gasteiger charge is 2.69. The first-order valence-electron chi connectivity index (χ1n) is 10.6. The zero-order valence-electron chi connectivity index (χ0n) is 18.2. The molecular weight excluding hydrogens is 443 g/mol. The Morgan fingerprint density at radius 1 is 1.24 bits per heavy atom. The molecule has 2 aromatic carbocycles. The predicted molar refractivity (Wildman–Crippen MR) is 122 cm³/mol. The smallest absolute Gasteiger partial charge is 0.387 e. The number of primary amides is 2. The predicted octanol–water partition coefficient (Wildman–Crippen LogP) is 0.702. The fraction of sp³-hybridized carbons (Fsp3) is 0.292. The van der Waals surface area contributed by atoms with Crippen molar-refractivity contribution in [2.75, 3.05) is 31.2 Å². The molecule has 5 N–H and O–H groups in total. The van der Waals surface area contributed by atoms with Gasteiger partial charge in [0.25, 0.3) is 11.8 Å². The zero-order chi connectivity index (χ0) is 24.7. The minimum Gasteiger partial charge on any atom is -0.387 e. The van der Waals surface area contributed by atoms with Crippen LogP contribution in [0.1, 0.15) is 17.5 Å². The van der Waals surface area contributed by atoms with Crippen LogP contribution in [0.2, 0.25) is 0 Å². The second-order valence-corrected chi connectivity index (χ2v) is 8.37. The first-order valence-corrected chi connectivity index (χ1v) is 10.6. The average Bonchev–Trinajstić information content (AvgIpc) is 3.14. The molecule has 0 saturated carbocycles. The molecule has 2 heterocycles. The van der Waals surface area contributed by atoms with Gasteiger partial charge in [0.05, 0.1) is 12.2 Å². The van der Waals surface area contributed by atoms with Crippen molar-refractivity contribution in [3.05, 3.63) is 59.4 Å². The summed E-state index contributed by atoms with van der Waals surface area (Å²) in [7, 11) is 0. The lowest BCUT2D eigenvalue weighted by Gasteiger charge is -2.43. The number of amides is 4. The first-order chi connectivity index (χ1) is 16.2. The Hall–Kier alpha value is -3.78. The number of aliphatic hydroxyl groups excluding tert-OH is 1. The Morgan fingerprint density at radius 3 is 2.50 bits per heavy atom. The van der Waals surface area contributed by atoms with Gasteiger partial charge in [-0.15, -0.1) is 6.42 Å². The molecule has 176 valence electrons. The lowest BCUT2D eigenvalue weighted by atomic mass is 9.83. The molecule has 0 bridgehead atoms. The molecule has 0 spiro atoms. The van der Waals surface area contributed by atoms with E-state index >= 15 is 4.39 Å². The third-order valence-electron chi connectivity index (χ3n) is 6.62. The number of hydrogen-bond donors (Lipinski definition) is 3. The number of carbonyl (C=O) groups excluding carboxylic acids is 3. The van der Waals surface area contributed by atoms with E-state index in [-0.39, 0.29) is 49.0 Å². The van der Waals surface area contributed by atoms with E-state index in [9.17, 15) is 19.5 Å². The van der Waals surface area contributed by atoms with E-state index in [2.05, 4.69) is 5.92 Å². The van der Waals surface area contributed by atoms with Crippen LogP contribution in [0.15, 0.2) is 42.5 Å². The van der Waals surface area contributed by atoms with E-state index in [0.717, 1.165) is 6.07 Å². The molecule has 1 unspecified atom stereocenters. The Labute approximate surface area is 195 Å². The van der Waals surface area contributed by atoms with Crippen molar-refractivity contribution < 1.29 is 28.6 Å². The summed E-state index contributed by atoms with van der Waals surface area (Å²) in [5.74, 6) is 0.221. The number of ether oxygens (including phenoxy) is 1. The highest BCUT2D eigenvalue weighted by molar-refractivity contribution is 6.00. The van der Waals surface area contributed by atoms with Crippen LogP contribution in [-0.4, -0.2) is 55.4 Å². The number of terminal acetylenes is 1. The van der Waals surface area contributed by atoms with Crippen molar-refractivity contribution >= 4 is 29.2 Å². The highest BCUT2D eigenvalue weighted by Crippen LogP contribution is 2.49. The van der Waals surface area contributed by atoms with Crippen molar-refractivity contribution in [3.63, 3.8) is 0 Å². The number of anilines is 1. The number of nitrogens with two attached hydrogens (primary N) is 2. The van der Waals surface area contributed by atoms with Crippen LogP contribution in [0.5, 0.6) is 0 Å². The molecule has 9 nitrogen and oxygen atoms in total. The molecule has 2 aliphatic heterocycles. The maximum atomic E-state index is 15.7. The third kappa shape index (κ3) is 3.33. The van der Waals surface area contributed by atoms with Crippen molar-refractivity contribution in [2.24, 2.45) is 11.5 Å². The molecule has 0 aromatic heterocycles. The van der Waals surface area contributed by atoms with Crippen LogP contribution in [0.4, 0.5) is 20.6 Å². The van der Waals surface area contributed by atoms with Gasteiger partial charge in [0.2, 0.25) is 5.54 Å². The standard InChI is InChI=1S/C24H23FN4O5/c1-2-15-3-6-17(7-4-15)29(23(27)33)13-18(30)12-24(29,22(26)32)19-8-5-16(11-20(19)25)28-9-10-34-14-21(28)31/h1,3-8,11,18,30H,9-10,12-14H2,(H3-,26,27,32,33)/p+1/t18-,24-,29?/m1/s1. The molecule has 4 amide bonds. The molecule has 34 heavy (non-hydrogen) atoms. The lowest BCUT2D eigenvalue weighted by Crippen LogP contribution is -2.70. The van der Waals surface area contributed by atoms with Crippen molar-refractivity contribution in [1.82, 2.24) is 4.48 Å². The summed E-state index contributed by atoms with van der Waals surface area (Å²) in [5, 5.41) is 10.7. The molecule has 10 heteroatoms. The molecule has 0 aliphatic carbocycles. The minimum absolute atomic E-state index is 0.129. The number of benzene rings is 2. The molecule has 2 aromatic rings. The molecule has 3 atom stereocenters. The van der Waals surface area contributed by atoms with Gasteiger partial charge in [0.15, 0.2) is 0 Å². The normalized spacial score (nSPS) is 26.8. The Morgan fingerprint density at radius 2 is 1.94 bits per heavy atom. The largest absolute Gasteiger partial charge is 0.420 e. The number of rotatable bonds is 4. The molecular formula is C24H24FN4O5+. The minimum atomic E-state index is -2.04. The Kier molecular flexibility index (Phi) is 5.87. The van der Waals surface area contributed by atoms with Crippen LogP contribution in [-0.2, 0) is 19.9 Å². The maximum absolute atomic E-state index is 15.7. The van der Waals surface area contributed by atoms with E-state index in [0.29, 0.717) is 12.2 Å². The Balaban J connectivity index is 1.93. The van der Waals surface area contributed by atoms with E-state index in [1.54, 1.807) is 12.1 Å². The van der Waals surface area contributed by atoms with Gasteiger partial charge in [-0.3, -0.25) is 9.59 Å². The van der Waals surface area contributed by atoms with Gasteiger partial charge in [0.1, 0.15) is 30.8 Å². The van der Waals surface area contributed by atoms with Gasteiger partial charge in [-0.2, -0.15) is 4.48 Å². The monoisotopic (exact) mass is 467 g/mol. The van der Waals surface area contributed by atoms with Crippen LogP contribution in [0.3, 0.4) is 0 Å². The van der Waals surface area contributed by atoms with E-state index < -0.39 is 33.9 Å². The molecule has 2 aliphatic rings. The van der Waals surface area contributed by atoms with Gasteiger partial charge in [0, 0.05) is 36.3 Å². The summed E-state index contributed by atoms with van der Waals surface area (Å²) in [4.78, 5) is 39.7. The molecule has 0 radical (unpaired) electrons. The second kappa shape index (κ2) is 8.53. The number of hydrogen-bond acceptors (Lipinski definition) is 5. The summed E-state index contributed by atoms with van der Waals surface area (Å²) in [6.07, 6.45) is 3.89. The fourth-order valence-corrected chi connectivity index (χ4v) is 5.11. The summed E-state index contributed by atoms with van der Waals surface area (Å²) < 4.78 is 19.9. The van der Waals surface area contributed by atoms with Gasteiger partial charge in [-0.25, -0.2) is 9.18 Å². The quantitative estimate of drug-likeness (QED) is 0.449. The average molecular weight is 467 g/mol. The topological polar surface area (TPSA) is 136 Å². The van der Waals surface area contributed by atoms with E-state index in [1.807, 2.05) is 0 Å². The van der Waals surface area contributed by atoms with Gasteiger partial charge < -0.3 is 26.2 Å². The number of halogens is 1. The highest BCUT2D eigenvalue weighted by atomic mass is 19.1. The lowest BCUT2D eigenvalue weighted by molar-refractivity contribution is -0.127. The number of aliphatic hydroxyl groups is 1. The number of nitrogens with zero attached hydrogens (tertiary/aromatic N) is 2.